The first-order valence-electron chi connectivity index (χ1n) is 6.36. The number of esters is 1. The van der Waals surface area contributed by atoms with Crippen LogP contribution in [0.15, 0.2) is 34.9 Å². The molecule has 1 aromatic carbocycles. The van der Waals surface area contributed by atoms with Gasteiger partial charge in [0.2, 0.25) is 5.76 Å². The van der Waals surface area contributed by atoms with Crippen LogP contribution in [0.5, 0.6) is 0 Å². The number of halogens is 2. The Morgan fingerprint density at radius 3 is 2.76 bits per heavy atom. The maximum atomic E-state index is 13.2. The van der Waals surface area contributed by atoms with E-state index in [1.54, 1.807) is 6.07 Å². The summed E-state index contributed by atoms with van der Waals surface area (Å²) in [5.41, 5.74) is 1.24. The molecule has 0 fully saturated rings. The standard InChI is InChI=1S/C15H15F2NO3/c1-9(10-3-4-12(16)13(17)7-10)18-8-11-5-6-21-14(11)15(19)20-2/h3-7,9,18H,8H2,1-2H3. The van der Waals surface area contributed by atoms with Crippen molar-refractivity contribution < 1.29 is 22.7 Å². The van der Waals surface area contributed by atoms with Gasteiger partial charge in [-0.3, -0.25) is 0 Å². The van der Waals surface area contributed by atoms with Crippen molar-refractivity contribution in [1.29, 1.82) is 0 Å². The molecule has 0 radical (unpaired) electrons. The van der Waals surface area contributed by atoms with Crippen LogP contribution in [-0.4, -0.2) is 13.1 Å². The Morgan fingerprint density at radius 2 is 2.10 bits per heavy atom. The number of furan rings is 1. The van der Waals surface area contributed by atoms with Crippen molar-refractivity contribution in [1.82, 2.24) is 5.32 Å². The number of ether oxygens (including phenoxy) is 1. The van der Waals surface area contributed by atoms with Crippen LogP contribution in [-0.2, 0) is 11.3 Å². The molecule has 1 unspecified atom stereocenters. The Labute approximate surface area is 120 Å². The largest absolute Gasteiger partial charge is 0.463 e. The molecule has 0 saturated carbocycles. The van der Waals surface area contributed by atoms with Gasteiger partial charge in [0, 0.05) is 18.2 Å². The molecular formula is C15H15F2NO3. The summed E-state index contributed by atoms with van der Waals surface area (Å²) in [5.74, 6) is -2.20. The van der Waals surface area contributed by atoms with E-state index in [0.29, 0.717) is 17.7 Å². The summed E-state index contributed by atoms with van der Waals surface area (Å²) >= 11 is 0. The number of hydrogen-bond donors (Lipinski definition) is 1. The first-order chi connectivity index (χ1) is 10.0. The zero-order chi connectivity index (χ0) is 15.4. The van der Waals surface area contributed by atoms with Crippen LogP contribution in [0, 0.1) is 11.6 Å². The van der Waals surface area contributed by atoms with Gasteiger partial charge in [0.25, 0.3) is 0 Å². The molecule has 21 heavy (non-hydrogen) atoms. The topological polar surface area (TPSA) is 51.5 Å². The first kappa shape index (κ1) is 15.2. The van der Waals surface area contributed by atoms with Gasteiger partial charge in [-0.05, 0) is 30.7 Å². The molecule has 4 nitrogen and oxygen atoms in total. The molecule has 0 aliphatic carbocycles. The number of hydrogen-bond acceptors (Lipinski definition) is 4. The number of methoxy groups -OCH3 is 1. The second-order valence-corrected chi connectivity index (χ2v) is 4.54. The van der Waals surface area contributed by atoms with Gasteiger partial charge in [-0.1, -0.05) is 6.07 Å². The second kappa shape index (κ2) is 6.49. The molecule has 0 bridgehead atoms. The average Bonchev–Trinajstić information content (AvgIpc) is 2.95. The number of rotatable bonds is 5. The van der Waals surface area contributed by atoms with E-state index >= 15 is 0 Å². The van der Waals surface area contributed by atoms with Crippen LogP contribution in [0.3, 0.4) is 0 Å². The van der Waals surface area contributed by atoms with Gasteiger partial charge in [0.05, 0.1) is 13.4 Å². The fourth-order valence-corrected chi connectivity index (χ4v) is 1.91. The molecule has 2 aromatic rings. The minimum atomic E-state index is -0.889. The van der Waals surface area contributed by atoms with E-state index in [9.17, 15) is 13.6 Å². The Balaban J connectivity index is 2.04. The average molecular weight is 295 g/mol. The lowest BCUT2D eigenvalue weighted by Crippen LogP contribution is -2.19. The van der Waals surface area contributed by atoms with Crippen molar-refractivity contribution in [2.24, 2.45) is 0 Å². The first-order valence-corrected chi connectivity index (χ1v) is 6.36. The summed E-state index contributed by atoms with van der Waals surface area (Å²) in [4.78, 5) is 11.5. The molecule has 0 aliphatic heterocycles. The zero-order valence-corrected chi connectivity index (χ0v) is 11.7. The molecule has 1 N–H and O–H groups in total. The van der Waals surface area contributed by atoms with Crippen LogP contribution in [0.4, 0.5) is 8.78 Å². The van der Waals surface area contributed by atoms with Crippen molar-refractivity contribution in [2.75, 3.05) is 7.11 Å². The maximum absolute atomic E-state index is 13.2. The predicted molar refractivity (Wildman–Crippen MR) is 71.7 cm³/mol. The smallest absolute Gasteiger partial charge is 0.374 e. The van der Waals surface area contributed by atoms with E-state index in [4.69, 9.17) is 4.42 Å². The Kier molecular flexibility index (Phi) is 4.70. The highest BCUT2D eigenvalue weighted by Gasteiger charge is 2.16. The van der Waals surface area contributed by atoms with Crippen molar-refractivity contribution in [2.45, 2.75) is 19.5 Å². The van der Waals surface area contributed by atoms with Crippen LogP contribution < -0.4 is 5.32 Å². The number of benzene rings is 1. The predicted octanol–water partition coefficient (Wildman–Crippen LogP) is 3.20. The fraction of sp³-hybridized carbons (Fsp3) is 0.267. The molecule has 2 rings (SSSR count). The summed E-state index contributed by atoms with van der Waals surface area (Å²) in [7, 11) is 1.27. The van der Waals surface area contributed by atoms with Crippen molar-refractivity contribution in [3.8, 4) is 0 Å². The van der Waals surface area contributed by atoms with Gasteiger partial charge in [0.1, 0.15) is 0 Å². The lowest BCUT2D eigenvalue weighted by Gasteiger charge is -2.14. The summed E-state index contributed by atoms with van der Waals surface area (Å²) < 4.78 is 35.8. The molecule has 0 spiro atoms. The summed E-state index contributed by atoms with van der Waals surface area (Å²) in [5, 5.41) is 3.11. The van der Waals surface area contributed by atoms with Crippen LogP contribution in [0.25, 0.3) is 0 Å². The molecule has 1 atom stereocenters. The summed E-state index contributed by atoms with van der Waals surface area (Å²) in [6.45, 7) is 2.14. The fourth-order valence-electron chi connectivity index (χ4n) is 1.91. The Hall–Kier alpha value is -2.21. The number of nitrogens with one attached hydrogen (secondary N) is 1. The van der Waals surface area contributed by atoms with E-state index in [-0.39, 0.29) is 11.8 Å². The van der Waals surface area contributed by atoms with Gasteiger partial charge in [0.15, 0.2) is 11.6 Å². The molecule has 1 aromatic heterocycles. The van der Waals surface area contributed by atoms with Gasteiger partial charge < -0.3 is 14.5 Å². The van der Waals surface area contributed by atoms with E-state index in [2.05, 4.69) is 10.1 Å². The Bertz CT molecular complexity index is 640. The second-order valence-electron chi connectivity index (χ2n) is 4.54. The third-order valence-electron chi connectivity index (χ3n) is 3.16. The van der Waals surface area contributed by atoms with Gasteiger partial charge in [-0.25, -0.2) is 13.6 Å². The lowest BCUT2D eigenvalue weighted by molar-refractivity contribution is 0.0563. The van der Waals surface area contributed by atoms with Crippen LogP contribution >= 0.6 is 0 Å². The molecule has 112 valence electrons. The van der Waals surface area contributed by atoms with E-state index < -0.39 is 17.6 Å². The highest BCUT2D eigenvalue weighted by atomic mass is 19.2. The van der Waals surface area contributed by atoms with Gasteiger partial charge in [-0.2, -0.15) is 0 Å². The van der Waals surface area contributed by atoms with E-state index in [1.165, 1.54) is 19.4 Å². The maximum Gasteiger partial charge on any atom is 0.374 e. The van der Waals surface area contributed by atoms with Crippen molar-refractivity contribution in [3.63, 3.8) is 0 Å². The number of carbonyl (C=O) groups is 1. The SMILES string of the molecule is COC(=O)c1occc1CNC(C)c1ccc(F)c(F)c1. The van der Waals surface area contributed by atoms with Gasteiger partial charge >= 0.3 is 5.97 Å². The quantitative estimate of drug-likeness (QED) is 0.861. The normalized spacial score (nSPS) is 12.2. The molecular weight excluding hydrogens is 280 g/mol. The van der Waals surface area contributed by atoms with E-state index in [0.717, 1.165) is 12.1 Å². The van der Waals surface area contributed by atoms with Crippen molar-refractivity contribution in [3.05, 3.63) is 59.1 Å². The summed E-state index contributed by atoms with van der Waals surface area (Å²) in [6.07, 6.45) is 1.39. The summed E-state index contributed by atoms with van der Waals surface area (Å²) in [6, 6.07) is 5.16. The lowest BCUT2D eigenvalue weighted by atomic mass is 10.1. The highest BCUT2D eigenvalue weighted by molar-refractivity contribution is 5.87. The Morgan fingerprint density at radius 1 is 1.33 bits per heavy atom. The molecule has 1 heterocycles. The zero-order valence-electron chi connectivity index (χ0n) is 11.7. The minimum absolute atomic E-state index is 0.127. The van der Waals surface area contributed by atoms with Crippen LogP contribution in [0.2, 0.25) is 0 Å². The van der Waals surface area contributed by atoms with Gasteiger partial charge in [-0.15, -0.1) is 0 Å². The third kappa shape index (κ3) is 3.46. The van der Waals surface area contributed by atoms with Crippen molar-refractivity contribution >= 4 is 5.97 Å². The molecule has 6 heteroatoms. The molecule has 0 aliphatic rings. The molecule has 0 saturated heterocycles. The van der Waals surface area contributed by atoms with E-state index in [1.807, 2.05) is 6.92 Å². The minimum Gasteiger partial charge on any atom is -0.463 e. The molecule has 0 amide bonds. The monoisotopic (exact) mass is 295 g/mol. The number of carbonyl (C=O) groups excluding carboxylic acids is 1. The van der Waals surface area contributed by atoms with Crippen LogP contribution in [0.1, 0.15) is 34.6 Å². The highest BCUT2D eigenvalue weighted by Crippen LogP contribution is 2.18. The third-order valence-corrected chi connectivity index (χ3v) is 3.16.